The lowest BCUT2D eigenvalue weighted by Gasteiger charge is -2.13. The smallest absolute Gasteiger partial charge is 0.255 e. The number of hydrogen-bond donors (Lipinski definition) is 2. The highest BCUT2D eigenvalue weighted by Gasteiger charge is 2.15. The molecule has 31 heavy (non-hydrogen) atoms. The fourth-order valence-corrected chi connectivity index (χ4v) is 4.26. The van der Waals surface area contributed by atoms with Crippen molar-refractivity contribution in [2.75, 3.05) is 5.32 Å². The molecule has 0 aliphatic rings. The van der Waals surface area contributed by atoms with E-state index >= 15 is 0 Å². The molecule has 8 heteroatoms. The number of anilines is 1. The predicted octanol–water partition coefficient (Wildman–Crippen LogP) is 4.97. The molecule has 1 amide bonds. The van der Waals surface area contributed by atoms with Crippen LogP contribution >= 0.6 is 15.9 Å². The summed E-state index contributed by atoms with van der Waals surface area (Å²) in [5.41, 5.74) is 1.81. The summed E-state index contributed by atoms with van der Waals surface area (Å²) in [6.45, 7) is 4.05. The van der Waals surface area contributed by atoms with Gasteiger partial charge in [-0.2, -0.15) is 0 Å². The lowest BCUT2D eigenvalue weighted by molar-refractivity contribution is 0.102. The maximum atomic E-state index is 12.5. The summed E-state index contributed by atoms with van der Waals surface area (Å²) < 4.78 is 33.9. The van der Waals surface area contributed by atoms with Gasteiger partial charge in [-0.3, -0.25) is 4.79 Å². The van der Waals surface area contributed by atoms with E-state index < -0.39 is 10.0 Å². The van der Waals surface area contributed by atoms with E-state index in [0.29, 0.717) is 21.5 Å². The van der Waals surface area contributed by atoms with Crippen molar-refractivity contribution in [2.24, 2.45) is 0 Å². The summed E-state index contributed by atoms with van der Waals surface area (Å²) >= 11 is 3.41. The number of sulfonamides is 1. The predicted molar refractivity (Wildman–Crippen MR) is 125 cm³/mol. The summed E-state index contributed by atoms with van der Waals surface area (Å²) in [6.07, 6.45) is 0.0213. The summed E-state index contributed by atoms with van der Waals surface area (Å²) in [5.74, 6) is 0.346. The van der Waals surface area contributed by atoms with Gasteiger partial charge in [0.15, 0.2) is 0 Å². The van der Waals surface area contributed by atoms with E-state index in [1.54, 1.807) is 30.3 Å². The first kappa shape index (κ1) is 23.0. The van der Waals surface area contributed by atoms with E-state index in [1.165, 1.54) is 12.1 Å². The van der Waals surface area contributed by atoms with Gasteiger partial charge in [-0.15, -0.1) is 0 Å². The van der Waals surface area contributed by atoms with E-state index in [-0.39, 0.29) is 23.5 Å². The number of carbonyl (C=O) groups excluding carboxylic acids is 1. The highest BCUT2D eigenvalue weighted by atomic mass is 79.9. The van der Waals surface area contributed by atoms with Gasteiger partial charge >= 0.3 is 0 Å². The third-order valence-corrected chi connectivity index (χ3v) is 6.33. The minimum absolute atomic E-state index is 0.0213. The van der Waals surface area contributed by atoms with E-state index in [1.807, 2.05) is 44.2 Å². The van der Waals surface area contributed by atoms with Crippen LogP contribution in [0.25, 0.3) is 0 Å². The van der Waals surface area contributed by atoms with Gasteiger partial charge in [-0.05, 0) is 77.8 Å². The van der Waals surface area contributed by atoms with Crippen LogP contribution in [0.15, 0.2) is 82.2 Å². The molecule has 0 saturated heterocycles. The largest absolute Gasteiger partial charge is 0.490 e. The summed E-state index contributed by atoms with van der Waals surface area (Å²) in [5, 5.41) is 2.77. The molecule has 0 aliphatic carbocycles. The first-order valence-corrected chi connectivity index (χ1v) is 11.9. The van der Waals surface area contributed by atoms with Crippen LogP contribution < -0.4 is 14.8 Å². The average Bonchev–Trinajstić information content (AvgIpc) is 2.74. The number of halogens is 1. The van der Waals surface area contributed by atoms with Crippen LogP contribution in [0.4, 0.5) is 5.69 Å². The number of ether oxygens (including phenoxy) is 1. The maximum Gasteiger partial charge on any atom is 0.255 e. The van der Waals surface area contributed by atoms with Gasteiger partial charge in [-0.25, -0.2) is 13.1 Å². The van der Waals surface area contributed by atoms with Gasteiger partial charge in [0.05, 0.1) is 15.5 Å². The lowest BCUT2D eigenvalue weighted by Crippen LogP contribution is -2.23. The van der Waals surface area contributed by atoms with Gasteiger partial charge in [0, 0.05) is 17.8 Å². The molecular weight excluding hydrogens is 480 g/mol. The van der Waals surface area contributed by atoms with Crippen molar-refractivity contribution in [2.45, 2.75) is 31.4 Å². The Kier molecular flexibility index (Phi) is 7.48. The number of rotatable bonds is 8. The highest BCUT2D eigenvalue weighted by molar-refractivity contribution is 9.10. The fraction of sp³-hybridized carbons (Fsp3) is 0.174. The zero-order valence-corrected chi connectivity index (χ0v) is 19.5. The van der Waals surface area contributed by atoms with Gasteiger partial charge in [0.25, 0.3) is 5.91 Å². The van der Waals surface area contributed by atoms with Crippen LogP contribution in [0.3, 0.4) is 0 Å². The molecule has 3 rings (SSSR count). The number of benzene rings is 3. The van der Waals surface area contributed by atoms with Gasteiger partial charge in [0.1, 0.15) is 5.75 Å². The standard InChI is InChI=1S/C23H23BrN2O4S/c1-16(2)30-22-13-8-18(14-21(22)24)23(27)26-19-9-11-20(12-10-19)31(28,29)25-15-17-6-4-3-5-7-17/h3-14,16,25H,15H2,1-2H3,(H,26,27). The SMILES string of the molecule is CC(C)Oc1ccc(C(=O)Nc2ccc(S(=O)(=O)NCc3ccccc3)cc2)cc1Br. The molecule has 0 radical (unpaired) electrons. The van der Waals surface area contributed by atoms with Crippen molar-refractivity contribution in [1.82, 2.24) is 4.72 Å². The summed E-state index contributed by atoms with van der Waals surface area (Å²) in [4.78, 5) is 12.7. The second-order valence-electron chi connectivity index (χ2n) is 7.10. The van der Waals surface area contributed by atoms with Crippen LogP contribution in [0.2, 0.25) is 0 Å². The van der Waals surface area contributed by atoms with Crippen molar-refractivity contribution in [1.29, 1.82) is 0 Å². The van der Waals surface area contributed by atoms with E-state index in [0.717, 1.165) is 5.56 Å². The topological polar surface area (TPSA) is 84.5 Å². The van der Waals surface area contributed by atoms with Gasteiger partial charge < -0.3 is 10.1 Å². The normalized spacial score (nSPS) is 11.4. The molecule has 0 unspecified atom stereocenters. The summed E-state index contributed by atoms with van der Waals surface area (Å²) in [7, 11) is -3.66. The second-order valence-corrected chi connectivity index (χ2v) is 9.72. The molecule has 0 bridgehead atoms. The molecule has 0 aliphatic heterocycles. The molecule has 6 nitrogen and oxygen atoms in total. The Morgan fingerprint density at radius 2 is 1.68 bits per heavy atom. The second kappa shape index (κ2) is 10.1. The molecule has 0 fully saturated rings. The average molecular weight is 503 g/mol. The molecule has 2 N–H and O–H groups in total. The molecule has 0 spiro atoms. The number of carbonyl (C=O) groups is 1. The van der Waals surface area contributed by atoms with Gasteiger partial charge in [0.2, 0.25) is 10.0 Å². The van der Waals surface area contributed by atoms with Crippen molar-refractivity contribution >= 4 is 37.5 Å². The molecular formula is C23H23BrN2O4S. The van der Waals surface area contributed by atoms with E-state index in [2.05, 4.69) is 26.0 Å². The van der Waals surface area contributed by atoms with Crippen LogP contribution in [0.5, 0.6) is 5.75 Å². The Labute approximate surface area is 190 Å². The lowest BCUT2D eigenvalue weighted by atomic mass is 10.2. The molecule has 0 atom stereocenters. The van der Waals surface area contributed by atoms with Crippen molar-refractivity contribution in [3.8, 4) is 5.75 Å². The van der Waals surface area contributed by atoms with Crippen molar-refractivity contribution < 1.29 is 17.9 Å². The number of amides is 1. The Bertz CT molecular complexity index is 1150. The third-order valence-electron chi connectivity index (χ3n) is 4.29. The minimum Gasteiger partial charge on any atom is -0.490 e. The number of nitrogens with one attached hydrogen (secondary N) is 2. The van der Waals surface area contributed by atoms with Crippen molar-refractivity contribution in [3.05, 3.63) is 88.4 Å². The third kappa shape index (κ3) is 6.40. The quantitative estimate of drug-likeness (QED) is 0.455. The Morgan fingerprint density at radius 1 is 1.00 bits per heavy atom. The van der Waals surface area contributed by atoms with Crippen LogP contribution in [-0.2, 0) is 16.6 Å². The minimum atomic E-state index is -3.66. The molecule has 3 aromatic rings. The zero-order valence-electron chi connectivity index (χ0n) is 17.1. The Hall–Kier alpha value is -2.68. The first-order valence-electron chi connectivity index (χ1n) is 9.66. The monoisotopic (exact) mass is 502 g/mol. The molecule has 162 valence electrons. The van der Waals surface area contributed by atoms with E-state index in [9.17, 15) is 13.2 Å². The molecule has 0 aromatic heterocycles. The van der Waals surface area contributed by atoms with E-state index in [4.69, 9.17) is 4.74 Å². The van der Waals surface area contributed by atoms with Gasteiger partial charge in [-0.1, -0.05) is 30.3 Å². The highest BCUT2D eigenvalue weighted by Crippen LogP contribution is 2.27. The summed E-state index contributed by atoms with van der Waals surface area (Å²) in [6, 6.07) is 20.4. The molecule has 0 heterocycles. The Balaban J connectivity index is 1.64. The van der Waals surface area contributed by atoms with Crippen LogP contribution in [0, 0.1) is 0 Å². The Morgan fingerprint density at radius 3 is 2.29 bits per heavy atom. The van der Waals surface area contributed by atoms with Crippen LogP contribution in [0.1, 0.15) is 29.8 Å². The molecule has 3 aromatic carbocycles. The fourth-order valence-electron chi connectivity index (χ4n) is 2.77. The van der Waals surface area contributed by atoms with Crippen LogP contribution in [-0.4, -0.2) is 20.4 Å². The number of hydrogen-bond acceptors (Lipinski definition) is 4. The zero-order chi connectivity index (χ0) is 22.4. The molecule has 0 saturated carbocycles. The first-order chi connectivity index (χ1) is 14.7. The van der Waals surface area contributed by atoms with Crippen molar-refractivity contribution in [3.63, 3.8) is 0 Å². The maximum absolute atomic E-state index is 12.5.